The Morgan fingerprint density at radius 1 is 1.64 bits per heavy atom. The minimum atomic E-state index is 0.560. The largest absolute Gasteiger partial charge is 0.464 e. The Hall–Kier alpha value is -1.25. The first-order chi connectivity index (χ1) is 6.70. The highest BCUT2D eigenvalue weighted by atomic mass is 16.3. The second kappa shape index (κ2) is 3.48. The third-order valence-corrected chi connectivity index (χ3v) is 2.74. The van der Waals surface area contributed by atoms with Crippen molar-refractivity contribution < 1.29 is 9.21 Å². The van der Waals surface area contributed by atoms with Gasteiger partial charge in [-0.15, -0.1) is 0 Å². The predicted octanol–water partition coefficient (Wildman–Crippen LogP) is 1.99. The third-order valence-electron chi connectivity index (χ3n) is 2.74. The van der Waals surface area contributed by atoms with Gasteiger partial charge in [-0.1, -0.05) is 6.92 Å². The Balaban J connectivity index is 1.99. The van der Waals surface area contributed by atoms with Crippen LogP contribution in [-0.4, -0.2) is 18.4 Å². The molecule has 0 N–H and O–H groups in total. The fourth-order valence-corrected chi connectivity index (χ4v) is 1.68. The van der Waals surface area contributed by atoms with Crippen molar-refractivity contribution in [2.75, 3.05) is 7.05 Å². The summed E-state index contributed by atoms with van der Waals surface area (Å²) in [7, 11) is 1.74. The predicted molar refractivity (Wildman–Crippen MR) is 52.8 cm³/mol. The molecule has 2 atom stereocenters. The lowest BCUT2D eigenvalue weighted by Crippen LogP contribution is -2.14. The summed E-state index contributed by atoms with van der Waals surface area (Å²) < 4.78 is 5.65. The Kier molecular flexibility index (Phi) is 2.32. The van der Waals surface area contributed by atoms with E-state index in [2.05, 4.69) is 6.92 Å². The van der Waals surface area contributed by atoms with Crippen molar-refractivity contribution >= 4 is 6.41 Å². The fraction of sp³-hybridized carbons (Fsp3) is 0.545. The number of rotatable bonds is 4. The van der Waals surface area contributed by atoms with E-state index in [0.29, 0.717) is 12.5 Å². The van der Waals surface area contributed by atoms with E-state index in [1.54, 1.807) is 11.9 Å². The number of hydrogen-bond acceptors (Lipinski definition) is 2. The lowest BCUT2D eigenvalue weighted by molar-refractivity contribution is -0.117. The van der Waals surface area contributed by atoms with Gasteiger partial charge in [-0.2, -0.15) is 0 Å². The molecule has 1 aromatic heterocycles. The van der Waals surface area contributed by atoms with Crippen molar-refractivity contribution in [3.8, 4) is 0 Å². The van der Waals surface area contributed by atoms with Gasteiger partial charge in [0.25, 0.3) is 0 Å². The van der Waals surface area contributed by atoms with E-state index in [-0.39, 0.29) is 0 Å². The van der Waals surface area contributed by atoms with E-state index in [1.807, 2.05) is 12.1 Å². The molecule has 1 aliphatic carbocycles. The Bertz CT molecular complexity index is 332. The highest BCUT2D eigenvalue weighted by Gasteiger charge is 2.36. The maximum atomic E-state index is 10.4. The normalized spacial score (nSPS) is 24.7. The Morgan fingerprint density at radius 2 is 2.36 bits per heavy atom. The zero-order valence-electron chi connectivity index (χ0n) is 8.56. The standard InChI is InChI=1S/C11H15NO2/c1-8-5-10(8)11-4-3-9(14-11)6-12(2)7-13/h3-4,7-8,10H,5-6H2,1-2H3. The molecule has 0 radical (unpaired) electrons. The van der Waals surface area contributed by atoms with Gasteiger partial charge in [0.1, 0.15) is 11.5 Å². The lowest BCUT2D eigenvalue weighted by atomic mass is 10.3. The van der Waals surface area contributed by atoms with Gasteiger partial charge in [0.2, 0.25) is 6.41 Å². The van der Waals surface area contributed by atoms with Crippen molar-refractivity contribution in [3.05, 3.63) is 23.7 Å². The SMILES string of the molecule is CC1CC1c1ccc(CN(C)C=O)o1. The summed E-state index contributed by atoms with van der Waals surface area (Å²) in [6.45, 7) is 2.79. The van der Waals surface area contributed by atoms with E-state index in [0.717, 1.165) is 23.8 Å². The van der Waals surface area contributed by atoms with Gasteiger partial charge in [-0.3, -0.25) is 4.79 Å². The smallest absolute Gasteiger partial charge is 0.209 e. The molecule has 1 saturated carbocycles. The molecule has 3 heteroatoms. The summed E-state index contributed by atoms with van der Waals surface area (Å²) in [4.78, 5) is 12.0. The molecule has 2 rings (SSSR count). The fourth-order valence-electron chi connectivity index (χ4n) is 1.68. The molecule has 1 aliphatic rings. The lowest BCUT2D eigenvalue weighted by Gasteiger charge is -2.06. The van der Waals surface area contributed by atoms with Crippen molar-refractivity contribution in [3.63, 3.8) is 0 Å². The Morgan fingerprint density at radius 3 is 2.93 bits per heavy atom. The van der Waals surface area contributed by atoms with Crippen LogP contribution in [0.5, 0.6) is 0 Å². The summed E-state index contributed by atoms with van der Waals surface area (Å²) in [5, 5.41) is 0. The molecule has 3 nitrogen and oxygen atoms in total. The molecule has 14 heavy (non-hydrogen) atoms. The molecule has 1 aromatic rings. The summed E-state index contributed by atoms with van der Waals surface area (Å²) in [5.41, 5.74) is 0. The highest BCUT2D eigenvalue weighted by Crippen LogP contribution is 2.47. The second-order valence-corrected chi connectivity index (χ2v) is 4.14. The van der Waals surface area contributed by atoms with Crippen LogP contribution in [0.25, 0.3) is 0 Å². The van der Waals surface area contributed by atoms with Crippen LogP contribution in [0.1, 0.15) is 30.8 Å². The summed E-state index contributed by atoms with van der Waals surface area (Å²) >= 11 is 0. The average molecular weight is 193 g/mol. The van der Waals surface area contributed by atoms with Crippen molar-refractivity contribution in [2.24, 2.45) is 5.92 Å². The first kappa shape index (κ1) is 9.31. The van der Waals surface area contributed by atoms with E-state index >= 15 is 0 Å². The maximum absolute atomic E-state index is 10.4. The molecule has 1 heterocycles. The Labute approximate surface area is 83.7 Å². The van der Waals surface area contributed by atoms with Crippen molar-refractivity contribution in [2.45, 2.75) is 25.8 Å². The van der Waals surface area contributed by atoms with E-state index in [9.17, 15) is 4.79 Å². The van der Waals surface area contributed by atoms with Gasteiger partial charge in [0.05, 0.1) is 6.54 Å². The van der Waals surface area contributed by atoms with Crippen LogP contribution < -0.4 is 0 Å². The molecule has 0 bridgehead atoms. The van der Waals surface area contributed by atoms with Gasteiger partial charge < -0.3 is 9.32 Å². The number of carbonyl (C=O) groups excluding carboxylic acids is 1. The third kappa shape index (κ3) is 1.81. The monoisotopic (exact) mass is 193 g/mol. The molecule has 0 saturated heterocycles. The van der Waals surface area contributed by atoms with Crippen LogP contribution in [0.3, 0.4) is 0 Å². The zero-order valence-corrected chi connectivity index (χ0v) is 8.56. The van der Waals surface area contributed by atoms with Crippen LogP contribution in [-0.2, 0) is 11.3 Å². The summed E-state index contributed by atoms with van der Waals surface area (Å²) in [5.74, 6) is 3.32. The van der Waals surface area contributed by atoms with E-state index < -0.39 is 0 Å². The molecule has 1 amide bonds. The average Bonchev–Trinajstić information content (AvgIpc) is 2.73. The quantitative estimate of drug-likeness (QED) is 0.685. The van der Waals surface area contributed by atoms with Gasteiger partial charge in [0, 0.05) is 13.0 Å². The van der Waals surface area contributed by atoms with Gasteiger partial charge in [-0.25, -0.2) is 0 Å². The molecule has 0 spiro atoms. The van der Waals surface area contributed by atoms with Crippen molar-refractivity contribution in [1.29, 1.82) is 0 Å². The molecule has 1 fully saturated rings. The van der Waals surface area contributed by atoms with Crippen LogP contribution in [0, 0.1) is 5.92 Å². The van der Waals surface area contributed by atoms with Gasteiger partial charge in [0.15, 0.2) is 0 Å². The van der Waals surface area contributed by atoms with Crippen molar-refractivity contribution in [1.82, 2.24) is 4.90 Å². The number of nitrogens with zero attached hydrogens (tertiary/aromatic N) is 1. The van der Waals surface area contributed by atoms with Gasteiger partial charge >= 0.3 is 0 Å². The van der Waals surface area contributed by atoms with Crippen LogP contribution in [0.4, 0.5) is 0 Å². The molecular formula is C11H15NO2. The molecule has 2 unspecified atom stereocenters. The molecular weight excluding hydrogens is 178 g/mol. The van der Waals surface area contributed by atoms with Crippen LogP contribution in [0.15, 0.2) is 16.5 Å². The number of furan rings is 1. The second-order valence-electron chi connectivity index (χ2n) is 4.14. The highest BCUT2D eigenvalue weighted by molar-refractivity contribution is 5.46. The molecule has 0 aliphatic heterocycles. The topological polar surface area (TPSA) is 33.5 Å². The van der Waals surface area contributed by atoms with Crippen LogP contribution >= 0.6 is 0 Å². The first-order valence-electron chi connectivity index (χ1n) is 4.95. The minimum absolute atomic E-state index is 0.560. The van der Waals surface area contributed by atoms with E-state index in [1.165, 1.54) is 6.42 Å². The van der Waals surface area contributed by atoms with E-state index in [4.69, 9.17) is 4.42 Å². The molecule has 76 valence electrons. The van der Waals surface area contributed by atoms with Crippen LogP contribution in [0.2, 0.25) is 0 Å². The number of amides is 1. The zero-order chi connectivity index (χ0) is 10.1. The number of hydrogen-bond donors (Lipinski definition) is 0. The molecule has 0 aromatic carbocycles. The number of carbonyl (C=O) groups is 1. The first-order valence-corrected chi connectivity index (χ1v) is 4.95. The summed E-state index contributed by atoms with van der Waals surface area (Å²) in [6.07, 6.45) is 2.04. The summed E-state index contributed by atoms with van der Waals surface area (Å²) in [6, 6.07) is 3.99. The van der Waals surface area contributed by atoms with Gasteiger partial charge in [-0.05, 0) is 24.5 Å². The minimum Gasteiger partial charge on any atom is -0.464 e. The maximum Gasteiger partial charge on any atom is 0.209 e.